The summed E-state index contributed by atoms with van der Waals surface area (Å²) in [4.78, 5) is 23.7. The zero-order chi connectivity index (χ0) is 19.6. The second-order valence-electron chi connectivity index (χ2n) is 6.38. The molecule has 0 aliphatic carbocycles. The topological polar surface area (TPSA) is 109 Å². The van der Waals surface area contributed by atoms with Gasteiger partial charge in [-0.15, -0.1) is 0 Å². The van der Waals surface area contributed by atoms with Crippen molar-refractivity contribution in [3.8, 4) is 0 Å². The lowest BCUT2D eigenvalue weighted by atomic mass is 9.91. The predicted molar refractivity (Wildman–Crippen MR) is 97.3 cm³/mol. The molecule has 0 bridgehead atoms. The van der Waals surface area contributed by atoms with Crippen molar-refractivity contribution in [2.45, 2.75) is 18.9 Å². The van der Waals surface area contributed by atoms with Crippen LogP contribution in [0.25, 0.3) is 0 Å². The highest BCUT2D eigenvalue weighted by atomic mass is 19.1. The predicted octanol–water partition coefficient (Wildman–Crippen LogP) is 2.55. The van der Waals surface area contributed by atoms with Crippen LogP contribution in [0.3, 0.4) is 0 Å². The van der Waals surface area contributed by atoms with Crippen molar-refractivity contribution < 1.29 is 18.4 Å². The Morgan fingerprint density at radius 3 is 2.70 bits per heavy atom. The molecule has 2 aromatic carbocycles. The molecular formula is C18H17F2N5O2. The molecule has 9 heteroatoms. The van der Waals surface area contributed by atoms with Crippen LogP contribution in [-0.4, -0.2) is 23.2 Å². The van der Waals surface area contributed by atoms with Gasteiger partial charge in [0.05, 0.1) is 16.9 Å². The molecule has 3 rings (SSSR count). The molecule has 0 saturated heterocycles. The Morgan fingerprint density at radius 1 is 1.22 bits per heavy atom. The van der Waals surface area contributed by atoms with E-state index in [1.54, 1.807) is 31.2 Å². The van der Waals surface area contributed by atoms with Crippen LogP contribution in [0.2, 0.25) is 0 Å². The summed E-state index contributed by atoms with van der Waals surface area (Å²) in [6, 6.07) is 8.88. The van der Waals surface area contributed by atoms with Crippen molar-refractivity contribution in [1.82, 2.24) is 5.43 Å². The number of nitrogens with one attached hydrogen (secondary N) is 3. The van der Waals surface area contributed by atoms with E-state index in [0.717, 1.165) is 12.1 Å². The fourth-order valence-electron chi connectivity index (χ4n) is 2.53. The zero-order valence-electron chi connectivity index (χ0n) is 14.3. The van der Waals surface area contributed by atoms with Gasteiger partial charge in [0.25, 0.3) is 5.91 Å². The quantitative estimate of drug-likeness (QED) is 0.664. The molecule has 0 radical (unpaired) electrons. The summed E-state index contributed by atoms with van der Waals surface area (Å²) in [6.07, 6.45) is 0.231. The Bertz CT molecular complexity index is 943. The van der Waals surface area contributed by atoms with E-state index in [-0.39, 0.29) is 18.0 Å². The molecule has 1 heterocycles. The molecule has 1 aliphatic rings. The number of hydrogen-bond acceptors (Lipinski definition) is 4. The average molecular weight is 373 g/mol. The molecule has 5 N–H and O–H groups in total. The maximum atomic E-state index is 13.6. The molecule has 0 saturated carbocycles. The number of carbonyl (C=O) groups excluding carboxylic acids is 2. The first-order valence-corrected chi connectivity index (χ1v) is 8.04. The number of nitrogens with two attached hydrogens (primary N) is 1. The fourth-order valence-corrected chi connectivity index (χ4v) is 2.53. The van der Waals surface area contributed by atoms with Gasteiger partial charge in [-0.3, -0.25) is 4.79 Å². The third kappa shape index (κ3) is 4.26. The Hall–Kier alpha value is -3.33. The van der Waals surface area contributed by atoms with Crippen molar-refractivity contribution in [3.63, 3.8) is 0 Å². The van der Waals surface area contributed by atoms with E-state index in [1.807, 2.05) is 0 Å². The van der Waals surface area contributed by atoms with Crippen LogP contribution in [0, 0.1) is 11.6 Å². The molecule has 3 amide bonds. The number of hydrazone groups is 1. The van der Waals surface area contributed by atoms with Gasteiger partial charge in [0.15, 0.2) is 0 Å². The second kappa shape index (κ2) is 7.12. The summed E-state index contributed by atoms with van der Waals surface area (Å²) in [6.45, 7) is 1.60. The molecule has 140 valence electrons. The van der Waals surface area contributed by atoms with Gasteiger partial charge in [-0.2, -0.15) is 5.10 Å². The normalized spacial score (nSPS) is 19.1. The summed E-state index contributed by atoms with van der Waals surface area (Å²) < 4.78 is 26.5. The lowest BCUT2D eigenvalue weighted by molar-refractivity contribution is -0.126. The molecule has 1 aliphatic heterocycles. The van der Waals surface area contributed by atoms with Crippen molar-refractivity contribution in [3.05, 3.63) is 59.7 Å². The van der Waals surface area contributed by atoms with Gasteiger partial charge in [-0.05, 0) is 36.8 Å². The maximum Gasteiger partial charge on any atom is 0.323 e. The number of nitrogens with zero attached hydrogens (tertiary/aromatic N) is 1. The summed E-state index contributed by atoms with van der Waals surface area (Å²) in [5.41, 5.74) is 8.73. The molecule has 0 aromatic heterocycles. The van der Waals surface area contributed by atoms with Crippen molar-refractivity contribution >= 4 is 29.0 Å². The van der Waals surface area contributed by atoms with Crippen LogP contribution >= 0.6 is 0 Å². The molecule has 1 atom stereocenters. The van der Waals surface area contributed by atoms with Gasteiger partial charge in [0, 0.05) is 18.2 Å². The monoisotopic (exact) mass is 373 g/mol. The average Bonchev–Trinajstić information content (AvgIpc) is 2.60. The third-order valence-electron chi connectivity index (χ3n) is 3.98. The van der Waals surface area contributed by atoms with E-state index in [2.05, 4.69) is 21.2 Å². The Morgan fingerprint density at radius 2 is 2.00 bits per heavy atom. The Labute approximate surface area is 153 Å². The molecule has 0 fully saturated rings. The third-order valence-corrected chi connectivity index (χ3v) is 3.98. The number of urea groups is 1. The van der Waals surface area contributed by atoms with Gasteiger partial charge in [-0.1, -0.05) is 12.1 Å². The zero-order valence-corrected chi connectivity index (χ0v) is 14.3. The summed E-state index contributed by atoms with van der Waals surface area (Å²) in [5, 5.41) is 8.87. The van der Waals surface area contributed by atoms with Crippen LogP contribution in [-0.2, 0) is 4.79 Å². The number of anilines is 2. The van der Waals surface area contributed by atoms with Crippen LogP contribution in [0.15, 0.2) is 47.6 Å². The second-order valence-corrected chi connectivity index (χ2v) is 6.38. The van der Waals surface area contributed by atoms with E-state index in [1.165, 1.54) is 0 Å². The van der Waals surface area contributed by atoms with Gasteiger partial charge < -0.3 is 16.4 Å². The highest BCUT2D eigenvalue weighted by Gasteiger charge is 2.34. The summed E-state index contributed by atoms with van der Waals surface area (Å²) in [7, 11) is 0. The first-order chi connectivity index (χ1) is 12.7. The standard InChI is InChI=1S/C18H17F2N5O2/c1-18(21)9-15(24-25-16(18)26)10-3-2-4-12(7-10)22-17(27)23-14-6-5-11(19)8-13(14)20/h2-8H,9,21H2,1H3,(H,25,26)(H2,22,23,27). The largest absolute Gasteiger partial charge is 0.323 e. The van der Waals surface area contributed by atoms with Crippen LogP contribution in [0.5, 0.6) is 0 Å². The van der Waals surface area contributed by atoms with E-state index >= 15 is 0 Å². The van der Waals surface area contributed by atoms with Crippen LogP contribution in [0.4, 0.5) is 25.0 Å². The molecular weight excluding hydrogens is 356 g/mol. The summed E-state index contributed by atoms with van der Waals surface area (Å²) in [5.74, 6) is -1.99. The number of carbonyl (C=O) groups is 2. The van der Waals surface area contributed by atoms with Crippen molar-refractivity contribution in [2.24, 2.45) is 10.8 Å². The highest BCUT2D eigenvalue weighted by Crippen LogP contribution is 2.20. The first-order valence-electron chi connectivity index (χ1n) is 8.04. The minimum absolute atomic E-state index is 0.150. The van der Waals surface area contributed by atoms with E-state index in [9.17, 15) is 18.4 Å². The van der Waals surface area contributed by atoms with E-state index in [4.69, 9.17) is 5.73 Å². The number of rotatable bonds is 3. The number of halogens is 2. The molecule has 2 aromatic rings. The van der Waals surface area contributed by atoms with Gasteiger partial charge in [0.1, 0.15) is 11.6 Å². The molecule has 27 heavy (non-hydrogen) atoms. The fraction of sp³-hybridized carbons (Fsp3) is 0.167. The minimum atomic E-state index is -1.09. The Kier molecular flexibility index (Phi) is 4.87. The van der Waals surface area contributed by atoms with Gasteiger partial charge >= 0.3 is 6.03 Å². The number of amides is 3. The lowest BCUT2D eigenvalue weighted by Gasteiger charge is -2.27. The molecule has 7 nitrogen and oxygen atoms in total. The molecule has 1 unspecified atom stereocenters. The smallest absolute Gasteiger partial charge is 0.317 e. The van der Waals surface area contributed by atoms with Crippen LogP contribution in [0.1, 0.15) is 18.9 Å². The maximum absolute atomic E-state index is 13.6. The lowest BCUT2D eigenvalue weighted by Crippen LogP contribution is -2.54. The van der Waals surface area contributed by atoms with E-state index < -0.39 is 23.2 Å². The highest BCUT2D eigenvalue weighted by molar-refractivity contribution is 6.08. The minimum Gasteiger partial charge on any atom is -0.317 e. The first kappa shape index (κ1) is 18.5. The Balaban J connectivity index is 1.72. The SMILES string of the molecule is CC1(N)CC(c2cccc(NC(=O)Nc3ccc(F)cc3F)c2)=NNC1=O. The van der Waals surface area contributed by atoms with Crippen LogP contribution < -0.4 is 21.8 Å². The summed E-state index contributed by atoms with van der Waals surface area (Å²) >= 11 is 0. The number of hydrogen-bond donors (Lipinski definition) is 4. The number of benzene rings is 2. The van der Waals surface area contributed by atoms with Crippen molar-refractivity contribution in [2.75, 3.05) is 10.6 Å². The van der Waals surface area contributed by atoms with Crippen molar-refractivity contribution in [1.29, 1.82) is 0 Å². The van der Waals surface area contributed by atoms with Gasteiger partial charge in [0.2, 0.25) is 0 Å². The van der Waals surface area contributed by atoms with E-state index in [0.29, 0.717) is 23.0 Å². The molecule has 0 spiro atoms. The van der Waals surface area contributed by atoms with Gasteiger partial charge in [-0.25, -0.2) is 19.0 Å².